The van der Waals surface area contributed by atoms with Crippen LogP contribution in [-0.4, -0.2) is 22.1 Å². The number of rotatable bonds is 12. The highest BCUT2D eigenvalue weighted by Crippen LogP contribution is 2.22. The predicted octanol–water partition coefficient (Wildman–Crippen LogP) is 5.65. The first kappa shape index (κ1) is 21.9. The number of ether oxygens (including phenoxy) is 1. The van der Waals surface area contributed by atoms with Crippen LogP contribution in [0.1, 0.15) is 64.2 Å². The molecule has 1 N–H and O–H groups in total. The van der Waals surface area contributed by atoms with E-state index in [9.17, 15) is 4.79 Å². The maximum atomic E-state index is 12.4. The van der Waals surface area contributed by atoms with Crippen molar-refractivity contribution in [3.05, 3.63) is 60.4 Å². The number of hydrogen-bond acceptors (Lipinski definition) is 3. The molecule has 160 valence electrons. The molecule has 5 nitrogen and oxygen atoms in total. The van der Waals surface area contributed by atoms with E-state index < -0.39 is 0 Å². The Bertz CT molecular complexity index is 921. The van der Waals surface area contributed by atoms with E-state index in [1.54, 1.807) is 0 Å². The molecule has 1 atom stereocenters. The predicted molar refractivity (Wildman–Crippen MR) is 122 cm³/mol. The molecule has 0 fully saturated rings. The van der Waals surface area contributed by atoms with Gasteiger partial charge in [0, 0.05) is 6.54 Å². The van der Waals surface area contributed by atoms with Gasteiger partial charge in [0.05, 0.1) is 17.1 Å². The highest BCUT2D eigenvalue weighted by molar-refractivity contribution is 5.79. The van der Waals surface area contributed by atoms with E-state index in [1.807, 2.05) is 55.5 Å². The molecule has 3 aromatic rings. The number of carbonyl (C=O) groups is 1. The fraction of sp³-hybridized carbons (Fsp3) is 0.440. The van der Waals surface area contributed by atoms with E-state index in [-0.39, 0.29) is 18.6 Å². The molecule has 1 aromatic heterocycles. The highest BCUT2D eigenvalue weighted by atomic mass is 16.5. The minimum atomic E-state index is -0.190. The molecule has 5 heteroatoms. The summed E-state index contributed by atoms with van der Waals surface area (Å²) in [5.74, 6) is 1.44. The van der Waals surface area contributed by atoms with Crippen molar-refractivity contribution in [3.8, 4) is 5.75 Å². The summed E-state index contributed by atoms with van der Waals surface area (Å²) in [4.78, 5) is 17.2. The van der Waals surface area contributed by atoms with E-state index in [0.29, 0.717) is 5.75 Å². The van der Waals surface area contributed by atoms with E-state index in [1.165, 1.54) is 32.1 Å². The van der Waals surface area contributed by atoms with Crippen LogP contribution in [0.5, 0.6) is 5.75 Å². The van der Waals surface area contributed by atoms with Crippen molar-refractivity contribution in [2.45, 2.75) is 65.0 Å². The largest absolute Gasteiger partial charge is 0.484 e. The van der Waals surface area contributed by atoms with Gasteiger partial charge in [0.25, 0.3) is 5.91 Å². The Balaban J connectivity index is 1.62. The van der Waals surface area contributed by atoms with Crippen LogP contribution in [0.25, 0.3) is 11.0 Å². The van der Waals surface area contributed by atoms with Crippen LogP contribution in [0.4, 0.5) is 0 Å². The lowest BCUT2D eigenvalue weighted by Gasteiger charge is -2.17. The van der Waals surface area contributed by atoms with E-state index in [0.717, 1.165) is 29.8 Å². The summed E-state index contributed by atoms with van der Waals surface area (Å²) in [6.45, 7) is 5.14. The van der Waals surface area contributed by atoms with Crippen LogP contribution >= 0.6 is 0 Å². The van der Waals surface area contributed by atoms with Crippen molar-refractivity contribution in [2.24, 2.45) is 0 Å². The fourth-order valence-electron chi connectivity index (χ4n) is 3.72. The first-order chi connectivity index (χ1) is 14.7. The summed E-state index contributed by atoms with van der Waals surface area (Å²) in [5.41, 5.74) is 2.10. The molecule has 30 heavy (non-hydrogen) atoms. The van der Waals surface area contributed by atoms with Crippen LogP contribution in [0.3, 0.4) is 0 Å². The number of amides is 1. The summed E-state index contributed by atoms with van der Waals surface area (Å²) in [5, 5.41) is 3.04. The molecule has 0 spiro atoms. The van der Waals surface area contributed by atoms with Gasteiger partial charge in [-0.05, 0) is 37.6 Å². The third-order valence-corrected chi connectivity index (χ3v) is 5.30. The summed E-state index contributed by atoms with van der Waals surface area (Å²) in [6.07, 6.45) is 7.50. The second-order valence-electron chi connectivity index (χ2n) is 7.77. The van der Waals surface area contributed by atoms with Gasteiger partial charge in [-0.1, -0.05) is 69.4 Å². The van der Waals surface area contributed by atoms with Crippen LogP contribution in [-0.2, 0) is 11.3 Å². The van der Waals surface area contributed by atoms with Gasteiger partial charge < -0.3 is 14.6 Å². The smallest absolute Gasteiger partial charge is 0.258 e. The standard InChI is InChI=1S/C25H33N3O2/c1-3-4-5-6-7-13-18-28-23-17-12-11-16-22(23)27-25(28)20(2)26-24(29)19-30-21-14-9-8-10-15-21/h8-12,14-17,20H,3-7,13,18-19H2,1-2H3,(H,26,29). The number of hydrogen-bond donors (Lipinski definition) is 1. The Morgan fingerprint density at radius 2 is 1.70 bits per heavy atom. The van der Waals surface area contributed by atoms with Gasteiger partial charge in [-0.25, -0.2) is 4.98 Å². The lowest BCUT2D eigenvalue weighted by Crippen LogP contribution is -2.32. The van der Waals surface area contributed by atoms with Crippen molar-refractivity contribution in [1.29, 1.82) is 0 Å². The van der Waals surface area contributed by atoms with Gasteiger partial charge in [0.1, 0.15) is 11.6 Å². The molecule has 3 rings (SSSR count). The van der Waals surface area contributed by atoms with Crippen molar-refractivity contribution in [3.63, 3.8) is 0 Å². The third kappa shape index (κ3) is 6.09. The topological polar surface area (TPSA) is 56.2 Å². The molecular formula is C25H33N3O2. The van der Waals surface area contributed by atoms with Gasteiger partial charge in [-0.15, -0.1) is 0 Å². The number of imidazole rings is 1. The Labute approximate surface area is 179 Å². The first-order valence-corrected chi connectivity index (χ1v) is 11.1. The Morgan fingerprint density at radius 1 is 1.00 bits per heavy atom. The number of fused-ring (bicyclic) bond motifs is 1. The highest BCUT2D eigenvalue weighted by Gasteiger charge is 2.18. The number of carbonyl (C=O) groups excluding carboxylic acids is 1. The Hall–Kier alpha value is -2.82. The minimum absolute atomic E-state index is 0.00793. The molecule has 0 saturated carbocycles. The van der Waals surface area contributed by atoms with Crippen molar-refractivity contribution >= 4 is 16.9 Å². The summed E-state index contributed by atoms with van der Waals surface area (Å²) < 4.78 is 7.83. The zero-order valence-corrected chi connectivity index (χ0v) is 18.1. The molecule has 0 aliphatic rings. The molecule has 0 saturated heterocycles. The van der Waals surface area contributed by atoms with Gasteiger partial charge >= 0.3 is 0 Å². The lowest BCUT2D eigenvalue weighted by molar-refractivity contribution is -0.123. The van der Waals surface area contributed by atoms with Crippen LogP contribution < -0.4 is 10.1 Å². The average molecular weight is 408 g/mol. The van der Waals surface area contributed by atoms with E-state index in [2.05, 4.69) is 22.9 Å². The van der Waals surface area contributed by atoms with E-state index in [4.69, 9.17) is 9.72 Å². The second-order valence-corrected chi connectivity index (χ2v) is 7.77. The minimum Gasteiger partial charge on any atom is -0.484 e. The number of para-hydroxylation sites is 3. The Kier molecular flexibility index (Phi) is 8.30. The van der Waals surface area contributed by atoms with Gasteiger partial charge in [-0.2, -0.15) is 0 Å². The first-order valence-electron chi connectivity index (χ1n) is 11.1. The van der Waals surface area contributed by atoms with Crippen LogP contribution in [0.2, 0.25) is 0 Å². The third-order valence-electron chi connectivity index (χ3n) is 5.30. The average Bonchev–Trinajstić information content (AvgIpc) is 3.14. The number of nitrogens with zero attached hydrogens (tertiary/aromatic N) is 2. The molecule has 0 radical (unpaired) electrons. The van der Waals surface area contributed by atoms with Gasteiger partial charge in [-0.3, -0.25) is 4.79 Å². The quantitative estimate of drug-likeness (QED) is 0.395. The SMILES string of the molecule is CCCCCCCCn1c(C(C)NC(=O)COc2ccccc2)nc2ccccc21. The number of unbranched alkanes of at least 4 members (excludes halogenated alkanes) is 5. The number of nitrogens with one attached hydrogen (secondary N) is 1. The zero-order valence-electron chi connectivity index (χ0n) is 18.1. The number of aryl methyl sites for hydroxylation is 1. The molecule has 0 bridgehead atoms. The summed E-state index contributed by atoms with van der Waals surface area (Å²) in [6, 6.07) is 17.4. The summed E-state index contributed by atoms with van der Waals surface area (Å²) >= 11 is 0. The normalized spacial score (nSPS) is 12.1. The van der Waals surface area contributed by atoms with Gasteiger partial charge in [0.15, 0.2) is 6.61 Å². The molecule has 0 aliphatic heterocycles. The zero-order chi connectivity index (χ0) is 21.2. The maximum absolute atomic E-state index is 12.4. The van der Waals surface area contributed by atoms with Crippen LogP contribution in [0.15, 0.2) is 54.6 Å². The van der Waals surface area contributed by atoms with Crippen LogP contribution in [0, 0.1) is 0 Å². The maximum Gasteiger partial charge on any atom is 0.258 e. The molecule has 1 heterocycles. The lowest BCUT2D eigenvalue weighted by atomic mass is 10.1. The van der Waals surface area contributed by atoms with E-state index >= 15 is 0 Å². The molecule has 1 unspecified atom stereocenters. The number of aromatic nitrogens is 2. The molecule has 2 aromatic carbocycles. The monoisotopic (exact) mass is 407 g/mol. The molecular weight excluding hydrogens is 374 g/mol. The van der Waals surface area contributed by atoms with Crippen molar-refractivity contribution < 1.29 is 9.53 Å². The molecule has 0 aliphatic carbocycles. The van der Waals surface area contributed by atoms with Crippen molar-refractivity contribution in [2.75, 3.05) is 6.61 Å². The fourth-order valence-corrected chi connectivity index (χ4v) is 3.72. The number of benzene rings is 2. The molecule has 1 amide bonds. The van der Waals surface area contributed by atoms with Gasteiger partial charge in [0.2, 0.25) is 0 Å². The summed E-state index contributed by atoms with van der Waals surface area (Å²) in [7, 11) is 0. The van der Waals surface area contributed by atoms with Crippen molar-refractivity contribution in [1.82, 2.24) is 14.9 Å². The Morgan fingerprint density at radius 3 is 2.50 bits per heavy atom. The second kappa shape index (κ2) is 11.4.